The molecule has 0 saturated heterocycles. The van der Waals surface area contributed by atoms with Gasteiger partial charge >= 0.3 is 0 Å². The lowest BCUT2D eigenvalue weighted by Gasteiger charge is -2.05. The summed E-state index contributed by atoms with van der Waals surface area (Å²) in [4.78, 5) is 19.1. The van der Waals surface area contributed by atoms with Crippen molar-refractivity contribution < 1.29 is 4.39 Å². The van der Waals surface area contributed by atoms with Gasteiger partial charge in [-0.15, -0.1) is 12.6 Å². The first kappa shape index (κ1) is 10.8. The maximum Gasteiger partial charge on any atom is 0.254 e. The van der Waals surface area contributed by atoms with Gasteiger partial charge in [0, 0.05) is 24.9 Å². The fourth-order valence-corrected chi connectivity index (χ4v) is 1.45. The first-order valence-corrected chi connectivity index (χ1v) is 4.91. The number of hydrogen-bond acceptors (Lipinski definition) is 4. The van der Waals surface area contributed by atoms with Crippen LogP contribution in [0.15, 0.2) is 34.5 Å². The zero-order valence-electron chi connectivity index (χ0n) is 8.38. The fourth-order valence-electron chi connectivity index (χ4n) is 1.25. The normalized spacial score (nSPS) is 10.4. The summed E-state index contributed by atoms with van der Waals surface area (Å²) >= 11 is 4.04. The Balaban J connectivity index is 2.67. The first-order chi connectivity index (χ1) is 7.59. The predicted octanol–water partition coefficient (Wildman–Crippen LogP) is 1.27. The van der Waals surface area contributed by atoms with Crippen molar-refractivity contribution in [3.05, 3.63) is 40.7 Å². The molecule has 0 spiro atoms. The van der Waals surface area contributed by atoms with Gasteiger partial charge in [0.15, 0.2) is 11.0 Å². The van der Waals surface area contributed by atoms with E-state index < -0.39 is 5.82 Å². The molecule has 0 aliphatic carbocycles. The van der Waals surface area contributed by atoms with Gasteiger partial charge in [-0.3, -0.25) is 14.3 Å². The Morgan fingerprint density at radius 2 is 2.25 bits per heavy atom. The standard InChI is InChI=1S/C10H8FN3OS/c1-14-9(15)4-8(13-10(14)16)6-2-3-12-5-7(6)11/h2-5H,1H3,(H,13,16). The minimum Gasteiger partial charge on any atom is -0.291 e. The van der Waals surface area contributed by atoms with Crippen LogP contribution in [0.3, 0.4) is 0 Å². The van der Waals surface area contributed by atoms with Crippen LogP contribution >= 0.6 is 12.6 Å². The molecule has 0 aromatic carbocycles. The van der Waals surface area contributed by atoms with Gasteiger partial charge in [0.2, 0.25) is 0 Å². The SMILES string of the molecule is Cn1c(S)nc(-c2ccncc2F)cc1=O. The van der Waals surface area contributed by atoms with E-state index in [9.17, 15) is 9.18 Å². The van der Waals surface area contributed by atoms with Crippen molar-refractivity contribution in [2.45, 2.75) is 5.16 Å². The fraction of sp³-hybridized carbons (Fsp3) is 0.100. The van der Waals surface area contributed by atoms with Crippen LogP contribution in [0, 0.1) is 5.82 Å². The Bertz CT molecular complexity index is 597. The van der Waals surface area contributed by atoms with Crippen LogP contribution in [0.5, 0.6) is 0 Å². The number of pyridine rings is 1. The van der Waals surface area contributed by atoms with E-state index in [-0.39, 0.29) is 22.0 Å². The lowest BCUT2D eigenvalue weighted by Crippen LogP contribution is -2.18. The summed E-state index contributed by atoms with van der Waals surface area (Å²) < 4.78 is 14.7. The van der Waals surface area contributed by atoms with Crippen LogP contribution < -0.4 is 5.56 Å². The largest absolute Gasteiger partial charge is 0.291 e. The van der Waals surface area contributed by atoms with Gasteiger partial charge in [0.25, 0.3) is 5.56 Å². The number of thiol groups is 1. The van der Waals surface area contributed by atoms with E-state index in [2.05, 4.69) is 22.6 Å². The van der Waals surface area contributed by atoms with E-state index in [1.54, 1.807) is 7.05 Å². The summed E-state index contributed by atoms with van der Waals surface area (Å²) in [6, 6.07) is 2.72. The molecule has 2 aromatic heterocycles. The van der Waals surface area contributed by atoms with E-state index >= 15 is 0 Å². The molecule has 0 radical (unpaired) electrons. The van der Waals surface area contributed by atoms with Gasteiger partial charge in [-0.25, -0.2) is 9.37 Å². The molecule has 0 amide bonds. The minimum atomic E-state index is -0.518. The van der Waals surface area contributed by atoms with Crippen LogP contribution in [-0.4, -0.2) is 14.5 Å². The molecular weight excluding hydrogens is 229 g/mol. The Morgan fingerprint density at radius 3 is 2.88 bits per heavy atom. The smallest absolute Gasteiger partial charge is 0.254 e. The minimum absolute atomic E-state index is 0.235. The maximum atomic E-state index is 13.4. The highest BCUT2D eigenvalue weighted by Crippen LogP contribution is 2.18. The summed E-state index contributed by atoms with van der Waals surface area (Å²) in [7, 11) is 1.55. The molecule has 4 nitrogen and oxygen atoms in total. The van der Waals surface area contributed by atoms with Crippen molar-refractivity contribution in [2.24, 2.45) is 7.05 Å². The van der Waals surface area contributed by atoms with Gasteiger partial charge in [0.05, 0.1) is 11.9 Å². The van der Waals surface area contributed by atoms with Crippen LogP contribution in [0.25, 0.3) is 11.3 Å². The number of rotatable bonds is 1. The van der Waals surface area contributed by atoms with E-state index in [4.69, 9.17) is 0 Å². The molecule has 0 saturated carbocycles. The molecule has 0 atom stereocenters. The highest BCUT2D eigenvalue weighted by molar-refractivity contribution is 7.80. The summed E-state index contributed by atoms with van der Waals surface area (Å²) in [6.45, 7) is 0. The highest BCUT2D eigenvalue weighted by atomic mass is 32.1. The lowest BCUT2D eigenvalue weighted by molar-refractivity contribution is 0.622. The first-order valence-electron chi connectivity index (χ1n) is 4.46. The third-order valence-corrected chi connectivity index (χ3v) is 2.56. The monoisotopic (exact) mass is 237 g/mol. The van der Waals surface area contributed by atoms with Gasteiger partial charge in [-0.05, 0) is 6.07 Å². The van der Waals surface area contributed by atoms with Gasteiger partial charge in [-0.1, -0.05) is 0 Å². The number of aromatic nitrogens is 3. The second-order valence-corrected chi connectivity index (χ2v) is 3.59. The molecule has 0 aliphatic rings. The molecule has 2 heterocycles. The van der Waals surface area contributed by atoms with Gasteiger partial charge < -0.3 is 0 Å². The van der Waals surface area contributed by atoms with E-state index in [0.29, 0.717) is 0 Å². The molecule has 2 rings (SSSR count). The average molecular weight is 237 g/mol. The molecule has 0 unspecified atom stereocenters. The van der Waals surface area contributed by atoms with Gasteiger partial charge in [0.1, 0.15) is 0 Å². The van der Waals surface area contributed by atoms with E-state index in [1.165, 1.54) is 22.9 Å². The molecule has 0 N–H and O–H groups in total. The summed E-state index contributed by atoms with van der Waals surface area (Å²) in [5.41, 5.74) is 0.210. The Labute approximate surface area is 96.2 Å². The van der Waals surface area contributed by atoms with E-state index in [0.717, 1.165) is 6.20 Å². The molecule has 0 aliphatic heterocycles. The zero-order chi connectivity index (χ0) is 11.7. The number of hydrogen-bond donors (Lipinski definition) is 1. The average Bonchev–Trinajstić information content (AvgIpc) is 2.26. The van der Waals surface area contributed by atoms with Crippen molar-refractivity contribution in [2.75, 3.05) is 0 Å². The summed E-state index contributed by atoms with van der Waals surface area (Å²) in [6.07, 6.45) is 2.52. The number of halogens is 1. The van der Waals surface area contributed by atoms with Crippen LogP contribution in [-0.2, 0) is 7.05 Å². The van der Waals surface area contributed by atoms with Crippen molar-refractivity contribution in [1.29, 1.82) is 0 Å². The summed E-state index contributed by atoms with van der Waals surface area (Å²) in [5.74, 6) is -0.518. The van der Waals surface area contributed by atoms with Crippen LogP contribution in [0.2, 0.25) is 0 Å². The molecular formula is C10H8FN3OS. The Kier molecular flexibility index (Phi) is 2.74. The second-order valence-electron chi connectivity index (χ2n) is 3.19. The highest BCUT2D eigenvalue weighted by Gasteiger charge is 2.09. The van der Waals surface area contributed by atoms with Crippen molar-refractivity contribution in [3.63, 3.8) is 0 Å². The molecule has 0 bridgehead atoms. The second kappa shape index (κ2) is 4.05. The van der Waals surface area contributed by atoms with Crippen molar-refractivity contribution in [3.8, 4) is 11.3 Å². The zero-order valence-corrected chi connectivity index (χ0v) is 9.28. The molecule has 2 aromatic rings. The molecule has 82 valence electrons. The molecule has 16 heavy (non-hydrogen) atoms. The van der Waals surface area contributed by atoms with E-state index in [1.807, 2.05) is 0 Å². The van der Waals surface area contributed by atoms with Gasteiger partial charge in [-0.2, -0.15) is 0 Å². The predicted molar refractivity (Wildman–Crippen MR) is 59.9 cm³/mol. The van der Waals surface area contributed by atoms with Crippen molar-refractivity contribution >= 4 is 12.6 Å². The van der Waals surface area contributed by atoms with Crippen LogP contribution in [0.1, 0.15) is 0 Å². The third-order valence-electron chi connectivity index (χ3n) is 2.16. The topological polar surface area (TPSA) is 47.8 Å². The maximum absolute atomic E-state index is 13.4. The quantitative estimate of drug-likeness (QED) is 0.600. The number of nitrogens with zero attached hydrogens (tertiary/aromatic N) is 3. The lowest BCUT2D eigenvalue weighted by atomic mass is 10.2. The molecule has 0 fully saturated rings. The third kappa shape index (κ3) is 1.83. The van der Waals surface area contributed by atoms with Crippen molar-refractivity contribution in [1.82, 2.24) is 14.5 Å². The molecule has 6 heteroatoms. The Hall–Kier alpha value is -1.69. The Morgan fingerprint density at radius 1 is 1.50 bits per heavy atom. The van der Waals surface area contributed by atoms with Crippen LogP contribution in [0.4, 0.5) is 4.39 Å². The summed E-state index contributed by atoms with van der Waals surface area (Å²) in [5, 5.41) is 0.235.